The van der Waals surface area contributed by atoms with Gasteiger partial charge in [0.1, 0.15) is 5.82 Å². The zero-order valence-corrected chi connectivity index (χ0v) is 17.2. The van der Waals surface area contributed by atoms with Crippen molar-refractivity contribution in [2.45, 2.75) is 44.6 Å². The number of rotatable bonds is 3. The van der Waals surface area contributed by atoms with Gasteiger partial charge in [-0.2, -0.15) is 0 Å². The number of aryl methyl sites for hydroxylation is 2. The number of carbonyl (C=O) groups is 1. The third-order valence-corrected chi connectivity index (χ3v) is 6.26. The van der Waals surface area contributed by atoms with Gasteiger partial charge in [-0.05, 0) is 50.3 Å². The average molecular weight is 401 g/mol. The Morgan fingerprint density at radius 1 is 1.39 bits per heavy atom. The molecule has 0 bridgehead atoms. The number of ether oxygens (including phenoxy) is 1. The number of methoxy groups -OCH3 is 1. The fourth-order valence-electron chi connectivity index (χ4n) is 4.23. The van der Waals surface area contributed by atoms with Gasteiger partial charge in [0, 0.05) is 31.0 Å². The van der Waals surface area contributed by atoms with E-state index in [9.17, 15) is 4.79 Å². The van der Waals surface area contributed by atoms with Crippen LogP contribution in [0.25, 0.3) is 0 Å². The van der Waals surface area contributed by atoms with Crippen molar-refractivity contribution in [3.63, 3.8) is 0 Å². The van der Waals surface area contributed by atoms with Crippen LogP contribution in [0.4, 0.5) is 5.82 Å². The number of hydrogen-bond donors (Lipinski definition) is 1. The van der Waals surface area contributed by atoms with Crippen LogP contribution in [0.1, 0.15) is 42.5 Å². The summed E-state index contributed by atoms with van der Waals surface area (Å²) in [6, 6.07) is 5.95. The molecular weight excluding hydrogens is 376 g/mol. The zero-order chi connectivity index (χ0) is 19.9. The number of amides is 1. The normalized spacial score (nSPS) is 21.9. The number of halogens is 1. The van der Waals surface area contributed by atoms with Crippen LogP contribution in [0.3, 0.4) is 0 Å². The first-order chi connectivity index (χ1) is 13.4. The van der Waals surface area contributed by atoms with Gasteiger partial charge in [0.15, 0.2) is 0 Å². The smallest absolute Gasteiger partial charge is 0.229 e. The summed E-state index contributed by atoms with van der Waals surface area (Å²) in [6.45, 7) is 5.31. The minimum absolute atomic E-state index is 0.0804. The topological polar surface area (TPSA) is 67.3 Å². The number of nitrogens with zero attached hydrogens (tertiary/aromatic N) is 3. The van der Waals surface area contributed by atoms with E-state index >= 15 is 0 Å². The molecule has 0 saturated carbocycles. The van der Waals surface area contributed by atoms with Crippen molar-refractivity contribution in [2.75, 3.05) is 25.5 Å². The third-order valence-electron chi connectivity index (χ3n) is 5.95. The van der Waals surface area contributed by atoms with Gasteiger partial charge in [-0.1, -0.05) is 17.7 Å². The highest BCUT2D eigenvalue weighted by atomic mass is 35.5. The number of nitrogens with one attached hydrogen (secondary N) is 1. The maximum Gasteiger partial charge on any atom is 0.229 e. The third kappa shape index (κ3) is 3.41. The molecule has 1 fully saturated rings. The van der Waals surface area contributed by atoms with Gasteiger partial charge in [-0.25, -0.2) is 9.97 Å². The molecule has 0 unspecified atom stereocenters. The van der Waals surface area contributed by atoms with E-state index in [1.807, 2.05) is 18.7 Å². The molecule has 28 heavy (non-hydrogen) atoms. The van der Waals surface area contributed by atoms with E-state index in [2.05, 4.69) is 27.4 Å². The fourth-order valence-corrected chi connectivity index (χ4v) is 4.50. The fraction of sp³-hybridized carbons (Fsp3) is 0.476. The minimum atomic E-state index is -0.351. The van der Waals surface area contributed by atoms with E-state index in [-0.39, 0.29) is 17.4 Å². The molecule has 7 heteroatoms. The predicted molar refractivity (Wildman–Crippen MR) is 109 cm³/mol. The number of anilines is 1. The Hall–Kier alpha value is -2.34. The van der Waals surface area contributed by atoms with Crippen LogP contribution in [-0.4, -0.2) is 46.5 Å². The van der Waals surface area contributed by atoms with E-state index in [0.717, 1.165) is 42.9 Å². The predicted octanol–water partition coefficient (Wildman–Crippen LogP) is 3.58. The molecule has 1 amide bonds. The van der Waals surface area contributed by atoms with Crippen LogP contribution >= 0.6 is 11.6 Å². The van der Waals surface area contributed by atoms with Crippen molar-refractivity contribution < 1.29 is 9.53 Å². The first-order valence-corrected chi connectivity index (χ1v) is 10.0. The second-order valence-corrected chi connectivity index (χ2v) is 8.25. The summed E-state index contributed by atoms with van der Waals surface area (Å²) in [6.07, 6.45) is 4.46. The molecule has 6 nitrogen and oxygen atoms in total. The highest BCUT2D eigenvalue weighted by Crippen LogP contribution is 2.37. The Labute approximate surface area is 170 Å². The second kappa shape index (κ2) is 7.24. The maximum absolute atomic E-state index is 13.2. The van der Waals surface area contributed by atoms with Crippen LogP contribution in [0, 0.1) is 6.92 Å². The van der Waals surface area contributed by atoms with Gasteiger partial charge in [0.05, 0.1) is 23.6 Å². The molecule has 0 radical (unpaired) electrons. The molecular formula is C21H25ClN4O2. The van der Waals surface area contributed by atoms with Crippen LogP contribution in [0.2, 0.25) is 5.02 Å². The van der Waals surface area contributed by atoms with Gasteiger partial charge < -0.3 is 15.0 Å². The number of aromatic nitrogens is 2. The summed E-state index contributed by atoms with van der Waals surface area (Å²) >= 11 is 6.30. The summed E-state index contributed by atoms with van der Waals surface area (Å²) in [4.78, 5) is 23.9. The largest absolute Gasteiger partial charge is 0.481 e. The number of likely N-dealkylation sites (tertiary alicyclic amines) is 1. The molecule has 2 aliphatic heterocycles. The standard InChI is InChI=1S/C21H25ClN4O2/c1-13-4-5-15-6-7-21(25-19(15)24-13)8-9-26(12-21)20(27)14(2)16-10-18(28-3)23-11-17(16)22/h4-5,10-11,14H,6-9,12H2,1-3H3,(H,24,25)/t14-,21+/m1/s1. The summed E-state index contributed by atoms with van der Waals surface area (Å²) in [5.74, 6) is 1.16. The van der Waals surface area contributed by atoms with E-state index < -0.39 is 0 Å². The van der Waals surface area contributed by atoms with Crippen LogP contribution in [-0.2, 0) is 11.2 Å². The lowest BCUT2D eigenvalue weighted by Gasteiger charge is -2.36. The van der Waals surface area contributed by atoms with Gasteiger partial charge in [-0.15, -0.1) is 0 Å². The maximum atomic E-state index is 13.2. The molecule has 2 atom stereocenters. The van der Waals surface area contributed by atoms with Gasteiger partial charge in [0.2, 0.25) is 11.8 Å². The first-order valence-electron chi connectivity index (χ1n) is 9.64. The summed E-state index contributed by atoms with van der Waals surface area (Å²) < 4.78 is 5.19. The van der Waals surface area contributed by atoms with Crippen LogP contribution in [0.5, 0.6) is 5.88 Å². The second-order valence-electron chi connectivity index (χ2n) is 7.85. The molecule has 1 spiro atoms. The van der Waals surface area contributed by atoms with Crippen molar-refractivity contribution in [3.8, 4) is 5.88 Å². The molecule has 1 N–H and O–H groups in total. The molecule has 1 saturated heterocycles. The molecule has 2 aromatic rings. The van der Waals surface area contributed by atoms with Gasteiger partial charge >= 0.3 is 0 Å². The van der Waals surface area contributed by atoms with E-state index in [0.29, 0.717) is 17.4 Å². The van der Waals surface area contributed by atoms with Gasteiger partial charge in [0.25, 0.3) is 0 Å². The summed E-state index contributed by atoms with van der Waals surface area (Å²) in [5, 5.41) is 4.13. The zero-order valence-electron chi connectivity index (χ0n) is 16.5. The van der Waals surface area contributed by atoms with Crippen molar-refractivity contribution in [2.24, 2.45) is 0 Å². The number of hydrogen-bond acceptors (Lipinski definition) is 5. The van der Waals surface area contributed by atoms with Crippen molar-refractivity contribution in [3.05, 3.63) is 46.2 Å². The van der Waals surface area contributed by atoms with Crippen molar-refractivity contribution in [1.82, 2.24) is 14.9 Å². The Balaban J connectivity index is 1.50. The Morgan fingerprint density at radius 3 is 3.00 bits per heavy atom. The molecule has 4 heterocycles. The molecule has 4 rings (SSSR count). The minimum Gasteiger partial charge on any atom is -0.481 e. The Kier molecular flexibility index (Phi) is 4.91. The Morgan fingerprint density at radius 2 is 2.21 bits per heavy atom. The SMILES string of the molecule is COc1cc([C@@H](C)C(=O)N2CC[C@@]3(CCc4ccc(C)nc4N3)C2)c(Cl)cn1. The van der Waals surface area contributed by atoms with E-state index in [1.165, 1.54) is 5.56 Å². The number of carbonyl (C=O) groups excluding carboxylic acids is 1. The molecule has 0 aliphatic carbocycles. The lowest BCUT2D eigenvalue weighted by molar-refractivity contribution is -0.131. The average Bonchev–Trinajstić information content (AvgIpc) is 3.10. The number of pyridine rings is 2. The number of fused-ring (bicyclic) bond motifs is 1. The highest BCUT2D eigenvalue weighted by molar-refractivity contribution is 6.31. The summed E-state index contributed by atoms with van der Waals surface area (Å²) in [7, 11) is 1.55. The lowest BCUT2D eigenvalue weighted by atomic mass is 9.86. The van der Waals surface area contributed by atoms with Crippen molar-refractivity contribution in [1.29, 1.82) is 0 Å². The lowest BCUT2D eigenvalue weighted by Crippen LogP contribution is -2.46. The summed E-state index contributed by atoms with van der Waals surface area (Å²) in [5.41, 5.74) is 2.91. The van der Waals surface area contributed by atoms with Crippen molar-refractivity contribution >= 4 is 23.3 Å². The monoisotopic (exact) mass is 400 g/mol. The highest BCUT2D eigenvalue weighted by Gasteiger charge is 2.43. The first kappa shape index (κ1) is 19.0. The van der Waals surface area contributed by atoms with E-state index in [1.54, 1.807) is 19.4 Å². The molecule has 2 aromatic heterocycles. The molecule has 2 aliphatic rings. The quantitative estimate of drug-likeness (QED) is 0.852. The van der Waals surface area contributed by atoms with Crippen LogP contribution in [0.15, 0.2) is 24.4 Å². The molecule has 148 valence electrons. The Bertz CT molecular complexity index is 919. The van der Waals surface area contributed by atoms with E-state index in [4.69, 9.17) is 16.3 Å². The molecule has 0 aromatic carbocycles. The van der Waals surface area contributed by atoms with Crippen LogP contribution < -0.4 is 10.1 Å². The van der Waals surface area contributed by atoms with Gasteiger partial charge in [-0.3, -0.25) is 4.79 Å².